The number of aromatic nitrogens is 1. The number of nitrogens with zero attached hydrogens (tertiary/aromatic N) is 1. The number of aryl methyl sites for hydroxylation is 1. The molecular formula is C13H14N2O2S. The van der Waals surface area contributed by atoms with Gasteiger partial charge in [0.15, 0.2) is 5.13 Å². The van der Waals surface area contributed by atoms with Gasteiger partial charge in [-0.15, -0.1) is 0 Å². The molecule has 2 N–H and O–H groups in total. The standard InChI is InChI=1S/C13H14N2O2S/c1-3-17-12(16)11-10(15-13(14)18-11)9-6-4-8(2)5-7-9/h4-7H,3H2,1-2H3,(H2,14,15). The van der Waals surface area contributed by atoms with E-state index in [0.29, 0.717) is 22.3 Å². The first-order valence-corrected chi connectivity index (χ1v) is 6.44. The van der Waals surface area contributed by atoms with Gasteiger partial charge in [0, 0.05) is 5.56 Å². The predicted octanol–water partition coefficient (Wildman–Crippen LogP) is 2.88. The van der Waals surface area contributed by atoms with E-state index in [-0.39, 0.29) is 5.97 Å². The van der Waals surface area contributed by atoms with Gasteiger partial charge >= 0.3 is 5.97 Å². The number of carbonyl (C=O) groups excluding carboxylic acids is 1. The van der Waals surface area contributed by atoms with Gasteiger partial charge in [0.2, 0.25) is 0 Å². The molecule has 94 valence electrons. The van der Waals surface area contributed by atoms with Crippen LogP contribution in [0.2, 0.25) is 0 Å². The Balaban J connectivity index is 2.44. The molecule has 0 bridgehead atoms. The molecule has 0 saturated carbocycles. The van der Waals surface area contributed by atoms with Crippen LogP contribution < -0.4 is 5.73 Å². The molecule has 0 unspecified atom stereocenters. The van der Waals surface area contributed by atoms with Crippen molar-refractivity contribution in [1.29, 1.82) is 0 Å². The van der Waals surface area contributed by atoms with Crippen LogP contribution in [0.3, 0.4) is 0 Å². The lowest BCUT2D eigenvalue weighted by molar-refractivity contribution is 0.0532. The molecule has 1 aromatic heterocycles. The molecule has 0 aliphatic carbocycles. The van der Waals surface area contributed by atoms with E-state index in [0.717, 1.165) is 22.5 Å². The van der Waals surface area contributed by atoms with Crippen molar-refractivity contribution in [1.82, 2.24) is 4.98 Å². The van der Waals surface area contributed by atoms with Crippen LogP contribution in [0.1, 0.15) is 22.2 Å². The van der Waals surface area contributed by atoms with E-state index in [1.807, 2.05) is 31.2 Å². The van der Waals surface area contributed by atoms with Crippen molar-refractivity contribution in [2.75, 3.05) is 12.3 Å². The number of anilines is 1. The van der Waals surface area contributed by atoms with Crippen molar-refractivity contribution < 1.29 is 9.53 Å². The first kappa shape index (κ1) is 12.6. The lowest BCUT2D eigenvalue weighted by atomic mass is 10.1. The second-order valence-corrected chi connectivity index (χ2v) is 4.85. The van der Waals surface area contributed by atoms with Gasteiger partial charge in [-0.1, -0.05) is 41.2 Å². The highest BCUT2D eigenvalue weighted by molar-refractivity contribution is 7.17. The highest BCUT2D eigenvalue weighted by Gasteiger charge is 2.19. The molecule has 0 aliphatic rings. The van der Waals surface area contributed by atoms with E-state index < -0.39 is 0 Å². The molecule has 0 spiro atoms. The summed E-state index contributed by atoms with van der Waals surface area (Å²) in [7, 11) is 0. The monoisotopic (exact) mass is 262 g/mol. The van der Waals surface area contributed by atoms with Crippen LogP contribution in [0.5, 0.6) is 0 Å². The number of carbonyl (C=O) groups is 1. The van der Waals surface area contributed by atoms with E-state index in [9.17, 15) is 4.79 Å². The molecule has 0 amide bonds. The number of nitrogens with two attached hydrogens (primary N) is 1. The molecule has 5 heteroatoms. The first-order valence-electron chi connectivity index (χ1n) is 5.62. The molecule has 0 saturated heterocycles. The van der Waals surface area contributed by atoms with Crippen molar-refractivity contribution in [3.05, 3.63) is 34.7 Å². The second kappa shape index (κ2) is 5.18. The largest absolute Gasteiger partial charge is 0.462 e. The van der Waals surface area contributed by atoms with E-state index in [4.69, 9.17) is 10.5 Å². The van der Waals surface area contributed by atoms with Crippen molar-refractivity contribution in [3.63, 3.8) is 0 Å². The van der Waals surface area contributed by atoms with Crippen molar-refractivity contribution >= 4 is 22.4 Å². The molecule has 0 radical (unpaired) electrons. The molecule has 2 aromatic rings. The minimum absolute atomic E-state index is 0.337. The van der Waals surface area contributed by atoms with Gasteiger partial charge in [-0.05, 0) is 13.8 Å². The number of benzene rings is 1. The normalized spacial score (nSPS) is 10.3. The Morgan fingerprint density at radius 3 is 2.67 bits per heavy atom. The Kier molecular flexibility index (Phi) is 3.62. The van der Waals surface area contributed by atoms with Gasteiger partial charge in [0.25, 0.3) is 0 Å². The van der Waals surface area contributed by atoms with Crippen molar-refractivity contribution in [3.8, 4) is 11.3 Å². The number of hydrogen-bond donors (Lipinski definition) is 1. The zero-order valence-corrected chi connectivity index (χ0v) is 11.1. The van der Waals surface area contributed by atoms with Crippen LogP contribution in [0.25, 0.3) is 11.3 Å². The number of nitrogen functional groups attached to an aromatic ring is 1. The number of thiazole rings is 1. The summed E-state index contributed by atoms with van der Waals surface area (Å²) in [5, 5.41) is 0.369. The van der Waals surface area contributed by atoms with Crippen molar-refractivity contribution in [2.24, 2.45) is 0 Å². The topological polar surface area (TPSA) is 65.2 Å². The Labute approximate surface area is 109 Å². The zero-order valence-electron chi connectivity index (χ0n) is 10.3. The second-order valence-electron chi connectivity index (χ2n) is 3.82. The van der Waals surface area contributed by atoms with Crippen LogP contribution in [0, 0.1) is 6.92 Å². The van der Waals surface area contributed by atoms with E-state index in [1.54, 1.807) is 6.92 Å². The van der Waals surface area contributed by atoms with Gasteiger partial charge in [-0.3, -0.25) is 0 Å². The average molecular weight is 262 g/mol. The SMILES string of the molecule is CCOC(=O)c1sc(N)nc1-c1ccc(C)cc1. The van der Waals surface area contributed by atoms with Crippen LogP contribution in [0.4, 0.5) is 5.13 Å². The summed E-state index contributed by atoms with van der Waals surface area (Å²) in [6.07, 6.45) is 0. The summed E-state index contributed by atoms with van der Waals surface area (Å²) >= 11 is 1.15. The summed E-state index contributed by atoms with van der Waals surface area (Å²) in [5.41, 5.74) is 8.30. The molecule has 1 heterocycles. The van der Waals surface area contributed by atoms with Gasteiger partial charge < -0.3 is 10.5 Å². The maximum atomic E-state index is 11.8. The fraction of sp³-hybridized carbons (Fsp3) is 0.231. The van der Waals surface area contributed by atoms with Gasteiger partial charge in [-0.25, -0.2) is 9.78 Å². The fourth-order valence-corrected chi connectivity index (χ4v) is 2.33. The first-order chi connectivity index (χ1) is 8.61. The third-order valence-electron chi connectivity index (χ3n) is 2.43. The van der Waals surface area contributed by atoms with E-state index in [1.165, 1.54) is 0 Å². The number of esters is 1. The number of ether oxygens (including phenoxy) is 1. The van der Waals surface area contributed by atoms with Crippen LogP contribution >= 0.6 is 11.3 Å². The Morgan fingerprint density at radius 1 is 1.39 bits per heavy atom. The molecule has 2 rings (SSSR count). The van der Waals surface area contributed by atoms with Crippen LogP contribution in [-0.4, -0.2) is 17.6 Å². The van der Waals surface area contributed by atoms with Crippen LogP contribution in [0.15, 0.2) is 24.3 Å². The van der Waals surface area contributed by atoms with Gasteiger partial charge in [-0.2, -0.15) is 0 Å². The maximum Gasteiger partial charge on any atom is 0.350 e. The van der Waals surface area contributed by atoms with Crippen molar-refractivity contribution in [2.45, 2.75) is 13.8 Å². The van der Waals surface area contributed by atoms with E-state index in [2.05, 4.69) is 4.98 Å². The lowest BCUT2D eigenvalue weighted by Gasteiger charge is -2.02. The Hall–Kier alpha value is -1.88. The maximum absolute atomic E-state index is 11.8. The van der Waals surface area contributed by atoms with E-state index >= 15 is 0 Å². The minimum Gasteiger partial charge on any atom is -0.462 e. The highest BCUT2D eigenvalue weighted by atomic mass is 32.1. The summed E-state index contributed by atoms with van der Waals surface area (Å²) in [6, 6.07) is 7.79. The summed E-state index contributed by atoms with van der Waals surface area (Å²) in [5.74, 6) is -0.373. The van der Waals surface area contributed by atoms with Gasteiger partial charge in [0.1, 0.15) is 4.88 Å². The average Bonchev–Trinajstić information content (AvgIpc) is 2.73. The Morgan fingerprint density at radius 2 is 2.06 bits per heavy atom. The molecule has 0 fully saturated rings. The molecule has 18 heavy (non-hydrogen) atoms. The third-order valence-corrected chi connectivity index (χ3v) is 3.29. The minimum atomic E-state index is -0.373. The predicted molar refractivity (Wildman–Crippen MR) is 72.7 cm³/mol. The summed E-state index contributed by atoms with van der Waals surface area (Å²) in [4.78, 5) is 16.5. The quantitative estimate of drug-likeness (QED) is 0.864. The molecule has 4 nitrogen and oxygen atoms in total. The molecular weight excluding hydrogens is 248 g/mol. The molecule has 0 atom stereocenters. The third kappa shape index (κ3) is 2.51. The lowest BCUT2D eigenvalue weighted by Crippen LogP contribution is -2.03. The summed E-state index contributed by atoms with van der Waals surface area (Å²) in [6.45, 7) is 4.11. The highest BCUT2D eigenvalue weighted by Crippen LogP contribution is 2.30. The molecule has 1 aromatic carbocycles. The Bertz CT molecular complexity index is 561. The number of hydrogen-bond acceptors (Lipinski definition) is 5. The smallest absolute Gasteiger partial charge is 0.350 e. The van der Waals surface area contributed by atoms with Crippen LogP contribution in [-0.2, 0) is 4.74 Å². The van der Waals surface area contributed by atoms with Gasteiger partial charge in [0.05, 0.1) is 12.3 Å². The fourth-order valence-electron chi connectivity index (χ4n) is 1.58. The molecule has 0 aliphatic heterocycles. The number of rotatable bonds is 3. The zero-order chi connectivity index (χ0) is 13.1. The summed E-state index contributed by atoms with van der Waals surface area (Å²) < 4.78 is 5.00.